The molecule has 1 atom stereocenters. The Morgan fingerprint density at radius 1 is 1.50 bits per heavy atom. The van der Waals surface area contributed by atoms with E-state index < -0.39 is 0 Å². The van der Waals surface area contributed by atoms with Crippen LogP contribution >= 0.6 is 12.6 Å². The summed E-state index contributed by atoms with van der Waals surface area (Å²) in [6.45, 7) is 1.61. The molecule has 1 aliphatic rings. The number of amides is 2. The second-order valence-corrected chi connectivity index (χ2v) is 5.42. The van der Waals surface area contributed by atoms with Crippen LogP contribution in [-0.2, 0) is 0 Å². The zero-order valence-electron chi connectivity index (χ0n) is 10.8. The number of rotatable bonds is 1. The summed E-state index contributed by atoms with van der Waals surface area (Å²) < 4.78 is 0. The van der Waals surface area contributed by atoms with Crippen molar-refractivity contribution in [2.24, 2.45) is 0 Å². The van der Waals surface area contributed by atoms with Gasteiger partial charge in [0, 0.05) is 49.9 Å². The molecule has 1 aliphatic heterocycles. The van der Waals surface area contributed by atoms with Gasteiger partial charge in [0.15, 0.2) is 0 Å². The maximum absolute atomic E-state index is 11.9. The zero-order valence-corrected chi connectivity index (χ0v) is 11.7. The number of piperidine rings is 1. The van der Waals surface area contributed by atoms with Gasteiger partial charge in [-0.1, -0.05) is 0 Å². The fraction of sp³-hybridized carbons (Fsp3) is 0.538. The van der Waals surface area contributed by atoms with Crippen molar-refractivity contribution >= 4 is 18.7 Å². The minimum Gasteiger partial charge on any atom is -0.331 e. The maximum Gasteiger partial charge on any atom is 0.319 e. The molecule has 1 fully saturated rings. The molecule has 0 radical (unpaired) electrons. The van der Waals surface area contributed by atoms with Gasteiger partial charge in [0.1, 0.15) is 0 Å². The Hall–Kier alpha value is -1.23. The third-order valence-electron chi connectivity index (χ3n) is 3.26. The number of nitrogens with zero attached hydrogens (tertiary/aromatic N) is 3. The van der Waals surface area contributed by atoms with Gasteiger partial charge in [-0.05, 0) is 25.0 Å². The molecule has 4 nitrogen and oxygen atoms in total. The van der Waals surface area contributed by atoms with Crippen molar-refractivity contribution in [2.75, 3.05) is 27.2 Å². The first-order chi connectivity index (χ1) is 8.58. The lowest BCUT2D eigenvalue weighted by atomic mass is 9.94. The molecule has 2 heterocycles. The summed E-state index contributed by atoms with van der Waals surface area (Å²) in [6.07, 6.45) is 3.90. The van der Waals surface area contributed by atoms with Crippen LogP contribution in [0.1, 0.15) is 24.5 Å². The molecule has 0 bridgehead atoms. The van der Waals surface area contributed by atoms with E-state index in [2.05, 4.69) is 17.6 Å². The van der Waals surface area contributed by atoms with Crippen LogP contribution in [0, 0.1) is 0 Å². The van der Waals surface area contributed by atoms with Crippen LogP contribution in [0.3, 0.4) is 0 Å². The molecule has 1 aromatic rings. The van der Waals surface area contributed by atoms with Crippen molar-refractivity contribution in [3.8, 4) is 0 Å². The van der Waals surface area contributed by atoms with Crippen molar-refractivity contribution in [1.29, 1.82) is 0 Å². The largest absolute Gasteiger partial charge is 0.331 e. The molecule has 0 spiro atoms. The van der Waals surface area contributed by atoms with Gasteiger partial charge in [0.05, 0.1) is 0 Å². The highest BCUT2D eigenvalue weighted by Gasteiger charge is 2.26. The van der Waals surface area contributed by atoms with Gasteiger partial charge in [0.2, 0.25) is 0 Å². The van der Waals surface area contributed by atoms with Crippen LogP contribution in [0.15, 0.2) is 23.2 Å². The second kappa shape index (κ2) is 5.61. The molecule has 5 heteroatoms. The van der Waals surface area contributed by atoms with Gasteiger partial charge >= 0.3 is 6.03 Å². The Kier molecular flexibility index (Phi) is 4.11. The van der Waals surface area contributed by atoms with Crippen molar-refractivity contribution in [2.45, 2.75) is 23.7 Å². The smallest absolute Gasteiger partial charge is 0.319 e. The standard InChI is InChI=1S/C13H19N3OS/c1-15(2)13(17)16-7-3-4-10(9-16)12-6-5-11(18)8-14-12/h5-6,8,10,18H,3-4,7,9H2,1-2H3. The van der Waals surface area contributed by atoms with Gasteiger partial charge in [-0.3, -0.25) is 4.98 Å². The Morgan fingerprint density at radius 3 is 2.89 bits per heavy atom. The monoisotopic (exact) mass is 265 g/mol. The number of carbonyl (C=O) groups is 1. The van der Waals surface area contributed by atoms with Gasteiger partial charge in [0.25, 0.3) is 0 Å². The molecule has 0 saturated carbocycles. The summed E-state index contributed by atoms with van der Waals surface area (Å²) in [7, 11) is 3.58. The lowest BCUT2D eigenvalue weighted by Gasteiger charge is -2.34. The minimum atomic E-state index is 0.0884. The molecule has 2 rings (SSSR count). The summed E-state index contributed by atoms with van der Waals surface area (Å²) >= 11 is 4.24. The van der Waals surface area contributed by atoms with E-state index in [4.69, 9.17) is 0 Å². The number of thiol groups is 1. The highest BCUT2D eigenvalue weighted by molar-refractivity contribution is 7.80. The van der Waals surface area contributed by atoms with E-state index in [9.17, 15) is 4.79 Å². The number of hydrogen-bond acceptors (Lipinski definition) is 3. The molecule has 1 saturated heterocycles. The van der Waals surface area contributed by atoms with Crippen LogP contribution in [0.4, 0.5) is 4.79 Å². The lowest BCUT2D eigenvalue weighted by Crippen LogP contribution is -2.44. The van der Waals surface area contributed by atoms with E-state index in [1.807, 2.05) is 17.0 Å². The summed E-state index contributed by atoms with van der Waals surface area (Å²) in [6, 6.07) is 4.06. The topological polar surface area (TPSA) is 36.4 Å². The number of aromatic nitrogens is 1. The second-order valence-electron chi connectivity index (χ2n) is 4.90. The Bertz CT molecular complexity index is 419. The van der Waals surface area contributed by atoms with Crippen LogP contribution < -0.4 is 0 Å². The fourth-order valence-electron chi connectivity index (χ4n) is 2.31. The minimum absolute atomic E-state index is 0.0884. The Morgan fingerprint density at radius 2 is 2.28 bits per heavy atom. The van der Waals surface area contributed by atoms with E-state index in [-0.39, 0.29) is 6.03 Å². The molecule has 2 amide bonds. The van der Waals surface area contributed by atoms with Crippen LogP contribution in [0.25, 0.3) is 0 Å². The lowest BCUT2D eigenvalue weighted by molar-refractivity contribution is 0.154. The van der Waals surface area contributed by atoms with E-state index >= 15 is 0 Å². The third kappa shape index (κ3) is 2.96. The first-order valence-electron chi connectivity index (χ1n) is 6.19. The van der Waals surface area contributed by atoms with Gasteiger partial charge in [-0.15, -0.1) is 12.6 Å². The van der Waals surface area contributed by atoms with Crippen molar-refractivity contribution in [3.63, 3.8) is 0 Å². The van der Waals surface area contributed by atoms with E-state index in [1.165, 1.54) is 0 Å². The summed E-state index contributed by atoms with van der Waals surface area (Å²) in [5.41, 5.74) is 1.06. The SMILES string of the molecule is CN(C)C(=O)N1CCCC(c2ccc(S)cn2)C1. The average Bonchev–Trinajstić information content (AvgIpc) is 2.38. The summed E-state index contributed by atoms with van der Waals surface area (Å²) in [4.78, 5) is 20.8. The molecule has 0 aromatic carbocycles. The molecule has 18 heavy (non-hydrogen) atoms. The highest BCUT2D eigenvalue weighted by Crippen LogP contribution is 2.26. The number of hydrogen-bond donors (Lipinski definition) is 1. The maximum atomic E-state index is 11.9. The number of pyridine rings is 1. The molecular formula is C13H19N3OS. The Labute approximate surface area is 113 Å². The molecule has 0 aliphatic carbocycles. The highest BCUT2D eigenvalue weighted by atomic mass is 32.1. The van der Waals surface area contributed by atoms with Crippen molar-refractivity contribution in [1.82, 2.24) is 14.8 Å². The quantitative estimate of drug-likeness (QED) is 0.791. The number of urea groups is 1. The average molecular weight is 265 g/mol. The molecule has 0 N–H and O–H groups in total. The summed E-state index contributed by atoms with van der Waals surface area (Å²) in [5, 5.41) is 0. The Balaban J connectivity index is 2.07. The van der Waals surface area contributed by atoms with Crippen LogP contribution in [0.2, 0.25) is 0 Å². The predicted octanol–water partition coefficient (Wildman–Crippen LogP) is 2.23. The fourth-order valence-corrected chi connectivity index (χ4v) is 2.45. The zero-order chi connectivity index (χ0) is 13.1. The first-order valence-corrected chi connectivity index (χ1v) is 6.64. The predicted molar refractivity (Wildman–Crippen MR) is 74.1 cm³/mol. The third-order valence-corrected chi connectivity index (χ3v) is 3.53. The van der Waals surface area contributed by atoms with Gasteiger partial charge in [-0.25, -0.2) is 4.79 Å². The van der Waals surface area contributed by atoms with E-state index in [1.54, 1.807) is 25.2 Å². The molecule has 98 valence electrons. The van der Waals surface area contributed by atoms with E-state index in [0.717, 1.165) is 36.5 Å². The molecule has 1 unspecified atom stereocenters. The van der Waals surface area contributed by atoms with Crippen molar-refractivity contribution in [3.05, 3.63) is 24.0 Å². The van der Waals surface area contributed by atoms with Gasteiger partial charge < -0.3 is 9.80 Å². The number of carbonyl (C=O) groups excluding carboxylic acids is 1. The van der Waals surface area contributed by atoms with E-state index in [0.29, 0.717) is 5.92 Å². The van der Waals surface area contributed by atoms with Crippen LogP contribution in [0.5, 0.6) is 0 Å². The van der Waals surface area contributed by atoms with Gasteiger partial charge in [-0.2, -0.15) is 0 Å². The van der Waals surface area contributed by atoms with Crippen LogP contribution in [-0.4, -0.2) is 48.0 Å². The molecular weight excluding hydrogens is 246 g/mol. The normalized spacial score (nSPS) is 19.7. The van der Waals surface area contributed by atoms with Crippen molar-refractivity contribution < 1.29 is 4.79 Å². The summed E-state index contributed by atoms with van der Waals surface area (Å²) in [5.74, 6) is 0.344. The first kappa shape index (κ1) is 13.2. The number of likely N-dealkylation sites (tertiary alicyclic amines) is 1. The molecule has 1 aromatic heterocycles.